The van der Waals surface area contributed by atoms with E-state index in [1.807, 2.05) is 13.0 Å². The first-order chi connectivity index (χ1) is 11.6. The van der Waals surface area contributed by atoms with Gasteiger partial charge in [0.05, 0.1) is 25.5 Å². The average molecular weight is 328 g/mol. The molecular formula is C17H20N4O3. The number of anilines is 1. The van der Waals surface area contributed by atoms with E-state index < -0.39 is 0 Å². The minimum absolute atomic E-state index is 0.00776. The predicted molar refractivity (Wildman–Crippen MR) is 90.9 cm³/mol. The van der Waals surface area contributed by atoms with Gasteiger partial charge in [0.25, 0.3) is 0 Å². The van der Waals surface area contributed by atoms with Gasteiger partial charge in [-0.25, -0.2) is 9.97 Å². The van der Waals surface area contributed by atoms with E-state index >= 15 is 0 Å². The molecule has 1 aliphatic rings. The van der Waals surface area contributed by atoms with E-state index in [0.29, 0.717) is 31.1 Å². The third kappa shape index (κ3) is 3.99. The van der Waals surface area contributed by atoms with Crippen LogP contribution < -0.4 is 4.90 Å². The number of rotatable bonds is 4. The highest BCUT2D eigenvalue weighted by Crippen LogP contribution is 2.21. The molecule has 0 radical (unpaired) electrons. The molecular weight excluding hydrogens is 308 g/mol. The minimum Gasteiger partial charge on any atom is -0.508 e. The van der Waals surface area contributed by atoms with Crippen molar-refractivity contribution >= 4 is 12.0 Å². The number of hydrogen-bond donors (Lipinski definition) is 2. The molecule has 126 valence electrons. The molecule has 0 amide bonds. The molecule has 2 heterocycles. The molecule has 1 aromatic carbocycles. The largest absolute Gasteiger partial charge is 0.508 e. The van der Waals surface area contributed by atoms with Crippen LogP contribution in [0.15, 0.2) is 29.3 Å². The summed E-state index contributed by atoms with van der Waals surface area (Å²) in [6, 6.07) is 6.34. The normalized spacial score (nSPS) is 15.1. The summed E-state index contributed by atoms with van der Waals surface area (Å²) >= 11 is 0. The molecule has 0 spiro atoms. The van der Waals surface area contributed by atoms with Gasteiger partial charge in [-0.05, 0) is 19.1 Å². The monoisotopic (exact) mass is 328 g/mol. The maximum absolute atomic E-state index is 9.75. The summed E-state index contributed by atoms with van der Waals surface area (Å²) in [4.78, 5) is 15.4. The second kappa shape index (κ2) is 7.27. The predicted octanol–water partition coefficient (Wildman–Crippen LogP) is 1.65. The molecule has 7 heteroatoms. The van der Waals surface area contributed by atoms with Crippen LogP contribution in [0.2, 0.25) is 0 Å². The molecule has 3 rings (SSSR count). The highest BCUT2D eigenvalue weighted by molar-refractivity contribution is 5.83. The number of nitrogens with zero attached hydrogens (tertiary/aromatic N) is 4. The van der Waals surface area contributed by atoms with Gasteiger partial charge in [0.2, 0.25) is 0 Å². The van der Waals surface area contributed by atoms with Gasteiger partial charge < -0.3 is 19.8 Å². The molecule has 0 unspecified atom stereocenters. The Labute approximate surface area is 140 Å². The van der Waals surface area contributed by atoms with Crippen molar-refractivity contribution in [2.45, 2.75) is 13.5 Å². The number of ether oxygens (including phenoxy) is 1. The number of aliphatic imine (C=N–C) groups is 1. The van der Waals surface area contributed by atoms with Crippen LogP contribution in [0, 0.1) is 6.92 Å². The van der Waals surface area contributed by atoms with Crippen LogP contribution in [-0.4, -0.2) is 52.7 Å². The van der Waals surface area contributed by atoms with Gasteiger partial charge in [-0.3, -0.25) is 4.99 Å². The minimum atomic E-state index is -0.00776. The lowest BCUT2D eigenvalue weighted by atomic mass is 10.2. The van der Waals surface area contributed by atoms with Crippen molar-refractivity contribution in [1.29, 1.82) is 0 Å². The first-order valence-corrected chi connectivity index (χ1v) is 7.81. The lowest BCUT2D eigenvalue weighted by Gasteiger charge is -2.28. The van der Waals surface area contributed by atoms with Gasteiger partial charge in [0.1, 0.15) is 23.1 Å². The number of aromatic nitrogens is 2. The molecule has 0 atom stereocenters. The Morgan fingerprint density at radius 1 is 1.21 bits per heavy atom. The number of phenols is 2. The molecule has 0 saturated carbocycles. The van der Waals surface area contributed by atoms with Crippen LogP contribution in [-0.2, 0) is 11.3 Å². The van der Waals surface area contributed by atoms with Crippen LogP contribution in [0.5, 0.6) is 11.5 Å². The van der Waals surface area contributed by atoms with Gasteiger partial charge >= 0.3 is 0 Å². The number of phenolic OH excluding ortho intramolecular Hbond substituents is 2. The molecule has 1 saturated heterocycles. The zero-order chi connectivity index (χ0) is 16.9. The highest BCUT2D eigenvalue weighted by Gasteiger charge is 2.13. The molecule has 2 aromatic rings. The number of aromatic hydroxyl groups is 2. The summed E-state index contributed by atoms with van der Waals surface area (Å²) < 4.78 is 5.37. The van der Waals surface area contributed by atoms with E-state index in [2.05, 4.69) is 19.9 Å². The second-order valence-electron chi connectivity index (χ2n) is 5.58. The summed E-state index contributed by atoms with van der Waals surface area (Å²) in [5.74, 6) is 1.61. The van der Waals surface area contributed by atoms with Crippen LogP contribution in [0.1, 0.15) is 17.1 Å². The molecule has 1 fully saturated rings. The Kier molecular flexibility index (Phi) is 4.90. The fourth-order valence-electron chi connectivity index (χ4n) is 2.53. The quantitative estimate of drug-likeness (QED) is 0.829. The Balaban J connectivity index is 1.72. The van der Waals surface area contributed by atoms with E-state index in [4.69, 9.17) is 4.74 Å². The molecule has 0 bridgehead atoms. The zero-order valence-corrected chi connectivity index (χ0v) is 13.5. The molecule has 1 aliphatic heterocycles. The van der Waals surface area contributed by atoms with Crippen LogP contribution in [0.3, 0.4) is 0 Å². The SMILES string of the molecule is Cc1nc(CN=Cc2ccc(O)cc2O)cc(N2CCOCC2)n1. The van der Waals surface area contributed by atoms with E-state index in [0.717, 1.165) is 24.6 Å². The van der Waals surface area contributed by atoms with Crippen molar-refractivity contribution in [3.63, 3.8) is 0 Å². The highest BCUT2D eigenvalue weighted by atomic mass is 16.5. The fraction of sp³-hybridized carbons (Fsp3) is 0.353. The van der Waals surface area contributed by atoms with Gasteiger partial charge in [-0.2, -0.15) is 0 Å². The van der Waals surface area contributed by atoms with Crippen molar-refractivity contribution in [3.8, 4) is 11.5 Å². The molecule has 1 aromatic heterocycles. The summed E-state index contributed by atoms with van der Waals surface area (Å²) in [6.45, 7) is 5.30. The van der Waals surface area contributed by atoms with E-state index in [1.54, 1.807) is 12.3 Å². The number of morpholine rings is 1. The molecule has 2 N–H and O–H groups in total. The zero-order valence-electron chi connectivity index (χ0n) is 13.5. The third-order valence-corrected chi connectivity index (χ3v) is 3.71. The summed E-state index contributed by atoms with van der Waals surface area (Å²) in [5, 5.41) is 19.0. The van der Waals surface area contributed by atoms with E-state index in [-0.39, 0.29) is 11.5 Å². The maximum atomic E-state index is 9.75. The Hall–Kier alpha value is -2.67. The molecule has 0 aliphatic carbocycles. The summed E-state index contributed by atoms with van der Waals surface area (Å²) in [7, 11) is 0. The van der Waals surface area contributed by atoms with Crippen LogP contribution >= 0.6 is 0 Å². The lowest BCUT2D eigenvalue weighted by Crippen LogP contribution is -2.37. The van der Waals surface area contributed by atoms with E-state index in [1.165, 1.54) is 12.1 Å². The Bertz CT molecular complexity index is 743. The number of aryl methyl sites for hydroxylation is 1. The smallest absolute Gasteiger partial charge is 0.132 e. The van der Waals surface area contributed by atoms with Gasteiger partial charge in [-0.1, -0.05) is 0 Å². The Morgan fingerprint density at radius 2 is 2.00 bits per heavy atom. The van der Waals surface area contributed by atoms with E-state index in [9.17, 15) is 10.2 Å². The standard InChI is InChI=1S/C17H20N4O3/c1-12-19-14(8-17(20-12)21-4-6-24-7-5-21)11-18-10-13-2-3-15(22)9-16(13)23/h2-3,8-10,22-23H,4-7,11H2,1H3. The van der Waals surface area contributed by atoms with Crippen molar-refractivity contribution < 1.29 is 14.9 Å². The topological polar surface area (TPSA) is 91.1 Å². The molecule has 7 nitrogen and oxygen atoms in total. The first-order valence-electron chi connectivity index (χ1n) is 7.81. The van der Waals surface area contributed by atoms with Crippen LogP contribution in [0.4, 0.5) is 5.82 Å². The van der Waals surface area contributed by atoms with Gasteiger partial charge in [0.15, 0.2) is 0 Å². The van der Waals surface area contributed by atoms with Crippen molar-refractivity contribution in [1.82, 2.24) is 9.97 Å². The van der Waals surface area contributed by atoms with Crippen molar-refractivity contribution in [3.05, 3.63) is 41.3 Å². The fourth-order valence-corrected chi connectivity index (χ4v) is 2.53. The number of hydrogen-bond acceptors (Lipinski definition) is 7. The lowest BCUT2D eigenvalue weighted by molar-refractivity contribution is 0.122. The van der Waals surface area contributed by atoms with Gasteiger partial charge in [-0.15, -0.1) is 0 Å². The van der Waals surface area contributed by atoms with Crippen LogP contribution in [0.25, 0.3) is 0 Å². The van der Waals surface area contributed by atoms with Crippen molar-refractivity contribution in [2.75, 3.05) is 31.2 Å². The maximum Gasteiger partial charge on any atom is 0.132 e. The van der Waals surface area contributed by atoms with Gasteiger partial charge in [0, 0.05) is 37.0 Å². The summed E-state index contributed by atoms with van der Waals surface area (Å²) in [6.07, 6.45) is 1.57. The first kappa shape index (κ1) is 16.2. The summed E-state index contributed by atoms with van der Waals surface area (Å²) in [5.41, 5.74) is 1.37. The second-order valence-corrected chi connectivity index (χ2v) is 5.58. The molecule has 24 heavy (non-hydrogen) atoms. The van der Waals surface area contributed by atoms with Crippen molar-refractivity contribution in [2.24, 2.45) is 4.99 Å². The Morgan fingerprint density at radius 3 is 2.75 bits per heavy atom. The third-order valence-electron chi connectivity index (χ3n) is 3.71. The number of benzene rings is 1. The average Bonchev–Trinajstić information content (AvgIpc) is 2.57.